The van der Waals surface area contributed by atoms with E-state index in [0.717, 1.165) is 16.7 Å². The van der Waals surface area contributed by atoms with Gasteiger partial charge in [0.05, 0.1) is 12.7 Å². The number of fused-ring (bicyclic) bond motifs is 1. The zero-order valence-corrected chi connectivity index (χ0v) is 17.5. The topological polar surface area (TPSA) is 94.7 Å². The van der Waals surface area contributed by atoms with Crippen molar-refractivity contribution in [3.8, 4) is 0 Å². The van der Waals surface area contributed by atoms with Gasteiger partial charge < -0.3 is 24.8 Å². The molecule has 3 amide bonds. The van der Waals surface area contributed by atoms with E-state index in [-0.39, 0.29) is 11.9 Å². The van der Waals surface area contributed by atoms with Crippen molar-refractivity contribution < 1.29 is 19.1 Å². The molecule has 0 bridgehead atoms. The van der Waals surface area contributed by atoms with Gasteiger partial charge in [-0.05, 0) is 24.5 Å². The molecular formula is C20H26N4O4S. The molecule has 29 heavy (non-hydrogen) atoms. The van der Waals surface area contributed by atoms with Crippen molar-refractivity contribution in [3.05, 3.63) is 36.0 Å². The van der Waals surface area contributed by atoms with Gasteiger partial charge in [0.15, 0.2) is 0 Å². The van der Waals surface area contributed by atoms with Gasteiger partial charge in [-0.25, -0.2) is 9.59 Å². The van der Waals surface area contributed by atoms with Crippen LogP contribution in [0.5, 0.6) is 0 Å². The number of thioether (sulfide) groups is 1. The molecule has 1 fully saturated rings. The summed E-state index contributed by atoms with van der Waals surface area (Å²) in [5, 5.41) is 3.65. The van der Waals surface area contributed by atoms with Crippen molar-refractivity contribution in [1.82, 2.24) is 20.1 Å². The first-order chi connectivity index (χ1) is 14.0. The molecule has 2 N–H and O–H groups in total. The van der Waals surface area contributed by atoms with Crippen LogP contribution in [0.3, 0.4) is 0 Å². The third-order valence-electron chi connectivity index (χ3n) is 5.07. The molecule has 1 aliphatic heterocycles. The number of urea groups is 1. The molecule has 0 spiro atoms. The number of ether oxygens (including phenoxy) is 1. The zero-order valence-electron chi connectivity index (χ0n) is 16.6. The maximum absolute atomic E-state index is 12.9. The number of nitrogens with zero attached hydrogens (tertiary/aromatic N) is 2. The van der Waals surface area contributed by atoms with Gasteiger partial charge in [-0.1, -0.05) is 18.2 Å². The van der Waals surface area contributed by atoms with E-state index < -0.39 is 12.0 Å². The number of benzene rings is 1. The van der Waals surface area contributed by atoms with Crippen molar-refractivity contribution in [1.29, 1.82) is 0 Å². The summed E-state index contributed by atoms with van der Waals surface area (Å²) in [6.45, 7) is 1.71. The molecule has 156 valence electrons. The molecule has 1 aromatic heterocycles. The number of H-pyrrole nitrogens is 1. The Kier molecular flexibility index (Phi) is 7.03. The molecular weight excluding hydrogens is 392 g/mol. The van der Waals surface area contributed by atoms with Crippen molar-refractivity contribution in [2.45, 2.75) is 12.5 Å². The van der Waals surface area contributed by atoms with E-state index in [1.54, 1.807) is 27.8 Å². The number of hydrogen-bond donors (Lipinski definition) is 2. The minimum absolute atomic E-state index is 0.0464. The Bertz CT molecular complexity index is 876. The normalized spacial score (nSPS) is 15.2. The molecule has 8 nitrogen and oxygen atoms in total. The van der Waals surface area contributed by atoms with E-state index in [1.807, 2.05) is 30.5 Å². The van der Waals surface area contributed by atoms with Gasteiger partial charge in [-0.15, -0.1) is 0 Å². The molecule has 1 aromatic carbocycles. The number of methoxy groups -OCH3 is 1. The number of carbonyl (C=O) groups is 3. The Morgan fingerprint density at radius 3 is 2.55 bits per heavy atom. The lowest BCUT2D eigenvalue weighted by molar-refractivity contribution is -0.142. The number of para-hydroxylation sites is 1. The average Bonchev–Trinajstić information content (AvgIpc) is 3.19. The second kappa shape index (κ2) is 9.69. The minimum atomic E-state index is -0.661. The number of rotatable bonds is 6. The van der Waals surface area contributed by atoms with Crippen LogP contribution >= 0.6 is 11.8 Å². The highest BCUT2D eigenvalue weighted by Gasteiger charge is 2.28. The lowest BCUT2D eigenvalue weighted by Gasteiger charge is -2.35. The van der Waals surface area contributed by atoms with Gasteiger partial charge in [0.1, 0.15) is 6.04 Å². The number of aromatic nitrogens is 1. The van der Waals surface area contributed by atoms with Crippen LogP contribution in [-0.2, 0) is 9.53 Å². The first kappa shape index (κ1) is 21.0. The lowest BCUT2D eigenvalue weighted by atomic mass is 10.1. The molecule has 0 aliphatic carbocycles. The predicted octanol–water partition coefficient (Wildman–Crippen LogP) is 1.93. The highest BCUT2D eigenvalue weighted by Crippen LogP contribution is 2.20. The highest BCUT2D eigenvalue weighted by atomic mass is 32.2. The number of carbonyl (C=O) groups excluding carboxylic acids is 3. The Morgan fingerprint density at radius 2 is 1.86 bits per heavy atom. The third-order valence-corrected chi connectivity index (χ3v) is 5.71. The first-order valence-electron chi connectivity index (χ1n) is 9.52. The molecule has 1 aliphatic rings. The van der Waals surface area contributed by atoms with Crippen LogP contribution in [-0.4, -0.2) is 84.0 Å². The highest BCUT2D eigenvalue weighted by molar-refractivity contribution is 7.98. The summed E-state index contributed by atoms with van der Waals surface area (Å²) in [6, 6.07) is 6.72. The summed E-state index contributed by atoms with van der Waals surface area (Å²) < 4.78 is 4.79. The van der Waals surface area contributed by atoms with Crippen LogP contribution in [0.1, 0.15) is 16.8 Å². The Labute approximate surface area is 173 Å². The quantitative estimate of drug-likeness (QED) is 0.699. The number of piperazine rings is 1. The van der Waals surface area contributed by atoms with Crippen molar-refractivity contribution in [3.63, 3.8) is 0 Å². The van der Waals surface area contributed by atoms with Gasteiger partial charge >= 0.3 is 12.0 Å². The van der Waals surface area contributed by atoms with Crippen LogP contribution in [0.4, 0.5) is 4.79 Å². The van der Waals surface area contributed by atoms with Crippen LogP contribution < -0.4 is 5.32 Å². The Morgan fingerprint density at radius 1 is 1.17 bits per heavy atom. The summed E-state index contributed by atoms with van der Waals surface area (Å²) in [5.74, 6) is 0.253. The zero-order chi connectivity index (χ0) is 20.8. The molecule has 9 heteroatoms. The van der Waals surface area contributed by atoms with Gasteiger partial charge in [-0.2, -0.15) is 11.8 Å². The smallest absolute Gasteiger partial charge is 0.328 e. The second-order valence-electron chi connectivity index (χ2n) is 6.83. The third kappa shape index (κ3) is 4.84. The van der Waals surface area contributed by atoms with Gasteiger partial charge in [0, 0.05) is 43.3 Å². The molecule has 0 unspecified atom stereocenters. The van der Waals surface area contributed by atoms with E-state index in [1.165, 1.54) is 7.11 Å². The maximum atomic E-state index is 12.9. The fourth-order valence-electron chi connectivity index (χ4n) is 3.40. The second-order valence-corrected chi connectivity index (χ2v) is 7.82. The minimum Gasteiger partial charge on any atom is -0.467 e. The largest absolute Gasteiger partial charge is 0.467 e. The SMILES string of the molecule is COC(=O)[C@@H](CCSC)NC(=O)N1CCN(C(=O)c2c[nH]c3ccccc23)CC1. The lowest BCUT2D eigenvalue weighted by Crippen LogP contribution is -2.55. The number of hydrogen-bond acceptors (Lipinski definition) is 5. The molecule has 0 saturated carbocycles. The number of amides is 3. The summed E-state index contributed by atoms with van der Waals surface area (Å²) in [5.41, 5.74) is 1.56. The average molecular weight is 419 g/mol. The molecule has 3 rings (SSSR count). The van der Waals surface area contributed by atoms with E-state index in [4.69, 9.17) is 4.74 Å². The monoisotopic (exact) mass is 418 g/mol. The van der Waals surface area contributed by atoms with Crippen molar-refractivity contribution in [2.75, 3.05) is 45.3 Å². The Balaban J connectivity index is 1.57. The standard InChI is InChI=1S/C20H26N4O4S/c1-28-19(26)17(7-12-29-2)22-20(27)24-10-8-23(9-11-24)18(25)15-13-21-16-6-4-3-5-14(15)16/h3-6,13,17,21H,7-12H2,1-2H3,(H,22,27)/t17-/m1/s1. The Hall–Kier alpha value is -2.68. The van der Waals surface area contributed by atoms with Crippen LogP contribution in [0.15, 0.2) is 30.5 Å². The van der Waals surface area contributed by atoms with E-state index in [0.29, 0.717) is 38.2 Å². The summed E-state index contributed by atoms with van der Waals surface area (Å²) in [6.07, 6.45) is 4.19. The first-order valence-corrected chi connectivity index (χ1v) is 10.9. The molecule has 2 heterocycles. The maximum Gasteiger partial charge on any atom is 0.328 e. The number of esters is 1. The summed E-state index contributed by atoms with van der Waals surface area (Å²) in [7, 11) is 1.32. The molecule has 2 aromatic rings. The summed E-state index contributed by atoms with van der Waals surface area (Å²) >= 11 is 1.60. The van der Waals surface area contributed by atoms with E-state index in [2.05, 4.69) is 10.3 Å². The van der Waals surface area contributed by atoms with Gasteiger partial charge in [0.2, 0.25) is 0 Å². The van der Waals surface area contributed by atoms with Crippen molar-refractivity contribution in [2.24, 2.45) is 0 Å². The summed E-state index contributed by atoms with van der Waals surface area (Å²) in [4.78, 5) is 43.9. The fourth-order valence-corrected chi connectivity index (χ4v) is 3.87. The van der Waals surface area contributed by atoms with Crippen molar-refractivity contribution >= 4 is 40.6 Å². The van der Waals surface area contributed by atoms with Crippen LogP contribution in [0.2, 0.25) is 0 Å². The van der Waals surface area contributed by atoms with Crippen LogP contribution in [0.25, 0.3) is 10.9 Å². The van der Waals surface area contributed by atoms with Gasteiger partial charge in [-0.3, -0.25) is 4.79 Å². The van der Waals surface area contributed by atoms with Gasteiger partial charge in [0.25, 0.3) is 5.91 Å². The van der Waals surface area contributed by atoms with E-state index in [9.17, 15) is 14.4 Å². The molecule has 1 atom stereocenters. The predicted molar refractivity (Wildman–Crippen MR) is 113 cm³/mol. The number of aromatic amines is 1. The number of nitrogens with one attached hydrogen (secondary N) is 2. The molecule has 0 radical (unpaired) electrons. The fraction of sp³-hybridized carbons (Fsp3) is 0.450. The molecule has 1 saturated heterocycles. The van der Waals surface area contributed by atoms with E-state index >= 15 is 0 Å². The van der Waals surface area contributed by atoms with Crippen LogP contribution in [0, 0.1) is 0 Å².